The Hall–Kier alpha value is -2.42. The lowest BCUT2D eigenvalue weighted by Crippen LogP contribution is -2.04. The summed E-state index contributed by atoms with van der Waals surface area (Å²) < 4.78 is 0. The Morgan fingerprint density at radius 1 is 1.25 bits per heavy atom. The molecule has 3 aromatic rings. The van der Waals surface area contributed by atoms with E-state index < -0.39 is 0 Å². The minimum Gasteiger partial charge on any atom is -0.360 e. The zero-order valence-corrected chi connectivity index (χ0v) is 11.6. The maximum Gasteiger partial charge on any atom is 0.169 e. The van der Waals surface area contributed by atoms with E-state index in [9.17, 15) is 4.79 Å². The summed E-state index contributed by atoms with van der Waals surface area (Å²) in [5, 5.41) is 0.891. The van der Waals surface area contributed by atoms with Gasteiger partial charge in [0, 0.05) is 41.5 Å². The van der Waals surface area contributed by atoms with Crippen LogP contribution in [0.2, 0.25) is 0 Å². The second-order valence-electron chi connectivity index (χ2n) is 5.15. The Kier molecular flexibility index (Phi) is 3.11. The molecule has 1 N–H and O–H groups in total. The number of benzene rings is 1. The second kappa shape index (κ2) is 4.93. The molecule has 3 rings (SSSR count). The van der Waals surface area contributed by atoms with Crippen molar-refractivity contribution in [2.24, 2.45) is 0 Å². The largest absolute Gasteiger partial charge is 0.360 e. The summed E-state index contributed by atoms with van der Waals surface area (Å²) in [6.45, 7) is 4.09. The van der Waals surface area contributed by atoms with Crippen molar-refractivity contribution in [3.05, 3.63) is 65.1 Å². The number of aromatic nitrogens is 2. The molecule has 0 spiro atoms. The monoisotopic (exact) mass is 264 g/mol. The first-order chi connectivity index (χ1) is 9.65. The molecule has 0 radical (unpaired) electrons. The van der Waals surface area contributed by atoms with Crippen LogP contribution < -0.4 is 0 Å². The number of hydrogen-bond acceptors (Lipinski definition) is 2. The Bertz CT molecular complexity index is 787. The number of nitrogens with one attached hydrogen (secondary N) is 1. The fraction of sp³-hybridized carbons (Fsp3) is 0.176. The van der Waals surface area contributed by atoms with E-state index in [-0.39, 0.29) is 5.78 Å². The van der Waals surface area contributed by atoms with Gasteiger partial charge in [-0.25, -0.2) is 0 Å². The third-order valence-electron chi connectivity index (χ3n) is 3.64. The quantitative estimate of drug-likeness (QED) is 0.734. The summed E-state index contributed by atoms with van der Waals surface area (Å²) in [4.78, 5) is 19.7. The van der Waals surface area contributed by atoms with Crippen molar-refractivity contribution >= 4 is 16.7 Å². The number of aryl methyl sites for hydroxylation is 2. The number of fused-ring (bicyclic) bond motifs is 1. The number of aromatic amines is 1. The average molecular weight is 264 g/mol. The number of nitrogens with zero attached hydrogens (tertiary/aromatic N) is 1. The van der Waals surface area contributed by atoms with E-state index in [1.807, 2.05) is 19.9 Å². The lowest BCUT2D eigenvalue weighted by molar-refractivity contribution is 0.0994. The zero-order chi connectivity index (χ0) is 14.1. The normalized spacial score (nSPS) is 10.9. The van der Waals surface area contributed by atoms with Crippen molar-refractivity contribution in [2.45, 2.75) is 20.3 Å². The topological polar surface area (TPSA) is 45.8 Å². The molecule has 3 heteroatoms. The molecule has 1 aromatic carbocycles. The standard InChI is InChI=1S/C17H16N2O/c1-11-3-4-12(2)13(7-11)8-17(20)15-10-19-16-5-6-18-9-14(15)16/h3-7,9-10,19H,8H2,1-2H3. The summed E-state index contributed by atoms with van der Waals surface area (Å²) in [5.41, 5.74) is 5.09. The molecule has 2 aromatic heterocycles. The van der Waals surface area contributed by atoms with Gasteiger partial charge in [-0.1, -0.05) is 23.8 Å². The van der Waals surface area contributed by atoms with Gasteiger partial charge >= 0.3 is 0 Å². The summed E-state index contributed by atoms with van der Waals surface area (Å²) in [5.74, 6) is 0.123. The fourth-order valence-corrected chi connectivity index (χ4v) is 2.45. The van der Waals surface area contributed by atoms with E-state index >= 15 is 0 Å². The number of Topliss-reactive ketones (excluding diaryl/α,β-unsaturated/α-hetero) is 1. The highest BCUT2D eigenvalue weighted by molar-refractivity contribution is 6.08. The van der Waals surface area contributed by atoms with Gasteiger partial charge in [0.2, 0.25) is 0 Å². The Morgan fingerprint density at radius 3 is 2.95 bits per heavy atom. The van der Waals surface area contributed by atoms with Crippen LogP contribution in [0, 0.1) is 13.8 Å². The van der Waals surface area contributed by atoms with Crippen molar-refractivity contribution in [2.75, 3.05) is 0 Å². The van der Waals surface area contributed by atoms with E-state index in [1.165, 1.54) is 5.56 Å². The third-order valence-corrected chi connectivity index (χ3v) is 3.64. The predicted octanol–water partition coefficient (Wildman–Crippen LogP) is 3.61. The molecule has 0 bridgehead atoms. The smallest absolute Gasteiger partial charge is 0.169 e. The summed E-state index contributed by atoms with van der Waals surface area (Å²) in [7, 11) is 0. The van der Waals surface area contributed by atoms with Gasteiger partial charge in [0.05, 0.1) is 0 Å². The molecule has 3 nitrogen and oxygen atoms in total. The predicted molar refractivity (Wildman–Crippen MR) is 80.0 cm³/mol. The summed E-state index contributed by atoms with van der Waals surface area (Å²) >= 11 is 0. The fourth-order valence-electron chi connectivity index (χ4n) is 2.45. The molecule has 100 valence electrons. The Morgan fingerprint density at radius 2 is 2.10 bits per heavy atom. The summed E-state index contributed by atoms with van der Waals surface area (Å²) in [6.07, 6.45) is 5.66. The second-order valence-corrected chi connectivity index (χ2v) is 5.15. The molecule has 0 aliphatic carbocycles. The molecule has 0 atom stereocenters. The molecule has 0 amide bonds. The molecule has 0 fully saturated rings. The maximum absolute atomic E-state index is 12.5. The van der Waals surface area contributed by atoms with Gasteiger partial charge in [-0.3, -0.25) is 9.78 Å². The van der Waals surface area contributed by atoms with E-state index in [2.05, 4.69) is 28.2 Å². The van der Waals surface area contributed by atoms with Crippen LogP contribution in [0.5, 0.6) is 0 Å². The van der Waals surface area contributed by atoms with Gasteiger partial charge in [0.15, 0.2) is 5.78 Å². The number of carbonyl (C=O) groups excluding carboxylic acids is 1. The van der Waals surface area contributed by atoms with Crippen LogP contribution in [0.4, 0.5) is 0 Å². The molecular weight excluding hydrogens is 248 g/mol. The van der Waals surface area contributed by atoms with Gasteiger partial charge in [-0.15, -0.1) is 0 Å². The van der Waals surface area contributed by atoms with Crippen molar-refractivity contribution in [1.29, 1.82) is 0 Å². The Labute approximate surface area is 117 Å². The third kappa shape index (κ3) is 2.23. The van der Waals surface area contributed by atoms with Gasteiger partial charge in [-0.2, -0.15) is 0 Å². The number of pyridine rings is 1. The molecule has 2 heterocycles. The SMILES string of the molecule is Cc1ccc(C)c(CC(=O)c2c[nH]c3ccncc23)c1. The lowest BCUT2D eigenvalue weighted by Gasteiger charge is -2.06. The molecule has 0 unspecified atom stereocenters. The van der Waals surface area contributed by atoms with E-state index in [4.69, 9.17) is 0 Å². The first-order valence-electron chi connectivity index (χ1n) is 6.65. The highest BCUT2D eigenvalue weighted by Gasteiger charge is 2.13. The van der Waals surface area contributed by atoms with Crippen LogP contribution in [-0.2, 0) is 6.42 Å². The van der Waals surface area contributed by atoms with Crippen LogP contribution in [0.3, 0.4) is 0 Å². The molecule has 0 aliphatic heterocycles. The minimum absolute atomic E-state index is 0.123. The highest BCUT2D eigenvalue weighted by atomic mass is 16.1. The number of rotatable bonds is 3. The van der Waals surface area contributed by atoms with Crippen LogP contribution in [0.15, 0.2) is 42.9 Å². The average Bonchev–Trinajstić information content (AvgIpc) is 2.87. The van der Waals surface area contributed by atoms with Crippen LogP contribution >= 0.6 is 0 Å². The molecule has 0 saturated heterocycles. The van der Waals surface area contributed by atoms with Crippen molar-refractivity contribution < 1.29 is 4.79 Å². The first kappa shape index (κ1) is 12.6. The van der Waals surface area contributed by atoms with Crippen molar-refractivity contribution in [3.8, 4) is 0 Å². The van der Waals surface area contributed by atoms with Crippen LogP contribution in [0.1, 0.15) is 27.0 Å². The molecular formula is C17H16N2O. The molecule has 20 heavy (non-hydrogen) atoms. The number of hydrogen-bond donors (Lipinski definition) is 1. The zero-order valence-electron chi connectivity index (χ0n) is 11.6. The Balaban J connectivity index is 1.95. The van der Waals surface area contributed by atoms with Gasteiger partial charge in [0.25, 0.3) is 0 Å². The van der Waals surface area contributed by atoms with Crippen molar-refractivity contribution in [1.82, 2.24) is 9.97 Å². The summed E-state index contributed by atoms with van der Waals surface area (Å²) in [6, 6.07) is 8.10. The van der Waals surface area contributed by atoms with Gasteiger partial charge in [-0.05, 0) is 31.0 Å². The van der Waals surface area contributed by atoms with E-state index in [0.29, 0.717) is 12.0 Å². The molecule has 0 aliphatic rings. The van der Waals surface area contributed by atoms with E-state index in [0.717, 1.165) is 22.0 Å². The van der Waals surface area contributed by atoms with Crippen LogP contribution in [-0.4, -0.2) is 15.8 Å². The minimum atomic E-state index is 0.123. The lowest BCUT2D eigenvalue weighted by atomic mass is 9.98. The number of carbonyl (C=O) groups is 1. The van der Waals surface area contributed by atoms with Gasteiger partial charge < -0.3 is 4.98 Å². The molecule has 0 saturated carbocycles. The van der Waals surface area contributed by atoms with Gasteiger partial charge in [0.1, 0.15) is 0 Å². The van der Waals surface area contributed by atoms with Crippen LogP contribution in [0.25, 0.3) is 10.9 Å². The highest BCUT2D eigenvalue weighted by Crippen LogP contribution is 2.20. The van der Waals surface area contributed by atoms with E-state index in [1.54, 1.807) is 18.6 Å². The number of ketones is 1. The number of H-pyrrole nitrogens is 1. The first-order valence-corrected chi connectivity index (χ1v) is 6.65. The van der Waals surface area contributed by atoms with Crippen molar-refractivity contribution in [3.63, 3.8) is 0 Å². The maximum atomic E-state index is 12.5.